The molecule has 1 saturated heterocycles. The number of hydrogen-bond acceptors (Lipinski definition) is 2. The summed E-state index contributed by atoms with van der Waals surface area (Å²) >= 11 is 0. The van der Waals surface area contributed by atoms with E-state index in [0.29, 0.717) is 31.5 Å². The highest BCUT2D eigenvalue weighted by Crippen LogP contribution is 2.36. The van der Waals surface area contributed by atoms with Crippen LogP contribution in [0.2, 0.25) is 0 Å². The molecular weight excluding hydrogens is 367 g/mol. The van der Waals surface area contributed by atoms with Crippen LogP contribution in [0, 0.1) is 5.92 Å². The Kier molecular flexibility index (Phi) is 6.08. The van der Waals surface area contributed by atoms with Gasteiger partial charge in [0, 0.05) is 0 Å². The number of likely N-dealkylation sites (tertiary alicyclic amines) is 1. The summed E-state index contributed by atoms with van der Waals surface area (Å²) < 4.78 is 39.7. The van der Waals surface area contributed by atoms with Crippen LogP contribution in [0.15, 0.2) is 48.5 Å². The second-order valence-electron chi connectivity index (χ2n) is 7.27. The number of carboxylic acids is 1. The number of rotatable bonds is 5. The quantitative estimate of drug-likeness (QED) is 0.766. The molecule has 1 heterocycles. The lowest BCUT2D eigenvalue weighted by Crippen LogP contribution is -2.39. The maximum atomic E-state index is 13.2. The van der Waals surface area contributed by atoms with Crippen molar-refractivity contribution in [3.8, 4) is 0 Å². The van der Waals surface area contributed by atoms with Crippen LogP contribution in [-0.2, 0) is 17.4 Å². The second-order valence-corrected chi connectivity index (χ2v) is 7.27. The van der Waals surface area contributed by atoms with Crippen molar-refractivity contribution in [2.24, 2.45) is 5.92 Å². The standard InChI is InChI=1S/C22H24F3NO2/c1-2-15-6-8-16(9-7-15)20(26-12-10-17(11-13-26)21(27)28)18-4-3-5-19(14-18)22(23,24)25/h3-9,14,17,20H,2,10-13H2,1H3,(H,27,28). The molecule has 2 aromatic carbocycles. The van der Waals surface area contributed by atoms with Crippen LogP contribution < -0.4 is 0 Å². The summed E-state index contributed by atoms with van der Waals surface area (Å²) in [5, 5.41) is 9.24. The molecular formula is C22H24F3NO2. The van der Waals surface area contributed by atoms with Gasteiger partial charge >= 0.3 is 12.1 Å². The first-order valence-corrected chi connectivity index (χ1v) is 9.52. The predicted molar refractivity (Wildman–Crippen MR) is 101 cm³/mol. The number of carbonyl (C=O) groups is 1. The minimum atomic E-state index is -4.40. The number of carboxylic acid groups (broad SMARTS) is 1. The molecule has 0 aromatic heterocycles. The number of halogens is 3. The van der Waals surface area contributed by atoms with Crippen molar-refractivity contribution in [1.29, 1.82) is 0 Å². The van der Waals surface area contributed by atoms with Crippen molar-refractivity contribution in [2.75, 3.05) is 13.1 Å². The summed E-state index contributed by atoms with van der Waals surface area (Å²) in [6.07, 6.45) is -2.52. The lowest BCUT2D eigenvalue weighted by Gasteiger charge is -2.37. The van der Waals surface area contributed by atoms with Gasteiger partial charge in [-0.3, -0.25) is 9.69 Å². The monoisotopic (exact) mass is 391 g/mol. The first-order valence-electron chi connectivity index (χ1n) is 9.52. The fourth-order valence-corrected chi connectivity index (χ4v) is 3.84. The summed E-state index contributed by atoms with van der Waals surface area (Å²) in [6, 6.07) is 13.0. The summed E-state index contributed by atoms with van der Waals surface area (Å²) in [5.74, 6) is -1.19. The van der Waals surface area contributed by atoms with Gasteiger partial charge in [-0.05, 0) is 61.2 Å². The third-order valence-electron chi connectivity index (χ3n) is 5.48. The van der Waals surface area contributed by atoms with Gasteiger partial charge in [0.05, 0.1) is 17.5 Å². The Balaban J connectivity index is 1.96. The Morgan fingerprint density at radius 1 is 1.11 bits per heavy atom. The molecule has 0 bridgehead atoms. The van der Waals surface area contributed by atoms with Gasteiger partial charge in [0.15, 0.2) is 0 Å². The topological polar surface area (TPSA) is 40.5 Å². The van der Waals surface area contributed by atoms with Crippen LogP contribution in [0.5, 0.6) is 0 Å². The summed E-state index contributed by atoms with van der Waals surface area (Å²) in [5.41, 5.74) is 2.00. The summed E-state index contributed by atoms with van der Waals surface area (Å²) in [4.78, 5) is 13.3. The molecule has 150 valence electrons. The minimum Gasteiger partial charge on any atom is -0.481 e. The van der Waals surface area contributed by atoms with Gasteiger partial charge in [-0.25, -0.2) is 0 Å². The molecule has 3 rings (SSSR count). The van der Waals surface area contributed by atoms with Gasteiger partial charge in [-0.15, -0.1) is 0 Å². The Morgan fingerprint density at radius 3 is 2.29 bits per heavy atom. The number of nitrogens with zero attached hydrogens (tertiary/aromatic N) is 1. The predicted octanol–water partition coefficient (Wildman–Crippen LogP) is 5.15. The zero-order valence-corrected chi connectivity index (χ0v) is 15.7. The normalized spacial score (nSPS) is 17.4. The molecule has 28 heavy (non-hydrogen) atoms. The molecule has 2 aromatic rings. The highest BCUT2D eigenvalue weighted by molar-refractivity contribution is 5.70. The first kappa shape index (κ1) is 20.4. The molecule has 0 amide bonds. The van der Waals surface area contributed by atoms with E-state index in [4.69, 9.17) is 0 Å². The Hall–Kier alpha value is -2.34. The molecule has 0 saturated carbocycles. The molecule has 3 nitrogen and oxygen atoms in total. The van der Waals surface area contributed by atoms with Crippen LogP contribution in [0.4, 0.5) is 13.2 Å². The van der Waals surface area contributed by atoms with Crippen molar-refractivity contribution >= 4 is 5.97 Å². The van der Waals surface area contributed by atoms with Gasteiger partial charge in [0.1, 0.15) is 0 Å². The first-order chi connectivity index (χ1) is 13.3. The Morgan fingerprint density at radius 2 is 1.75 bits per heavy atom. The molecule has 1 N–H and O–H groups in total. The molecule has 1 aliphatic rings. The number of benzene rings is 2. The van der Waals surface area contributed by atoms with Crippen molar-refractivity contribution in [3.05, 3.63) is 70.8 Å². The van der Waals surface area contributed by atoms with Gasteiger partial charge < -0.3 is 5.11 Å². The maximum absolute atomic E-state index is 13.2. The molecule has 6 heteroatoms. The lowest BCUT2D eigenvalue weighted by atomic mass is 9.90. The van der Waals surface area contributed by atoms with Crippen LogP contribution in [0.25, 0.3) is 0 Å². The fraction of sp³-hybridized carbons (Fsp3) is 0.409. The SMILES string of the molecule is CCc1ccc(C(c2cccc(C(F)(F)F)c2)N2CCC(C(=O)O)CC2)cc1. The highest BCUT2D eigenvalue weighted by atomic mass is 19.4. The largest absolute Gasteiger partial charge is 0.481 e. The Bertz CT molecular complexity index is 809. The summed E-state index contributed by atoms with van der Waals surface area (Å²) in [7, 11) is 0. The van der Waals surface area contributed by atoms with Crippen molar-refractivity contribution in [3.63, 3.8) is 0 Å². The van der Waals surface area contributed by atoms with E-state index in [1.165, 1.54) is 12.1 Å². The zero-order valence-electron chi connectivity index (χ0n) is 15.7. The van der Waals surface area contributed by atoms with Gasteiger partial charge in [0.25, 0.3) is 0 Å². The van der Waals surface area contributed by atoms with Gasteiger partial charge in [0.2, 0.25) is 0 Å². The van der Waals surface area contributed by atoms with Gasteiger partial charge in [-0.1, -0.05) is 43.3 Å². The lowest BCUT2D eigenvalue weighted by molar-refractivity contribution is -0.143. The van der Waals surface area contributed by atoms with Crippen molar-refractivity contribution in [2.45, 2.75) is 38.4 Å². The molecule has 0 radical (unpaired) electrons. The molecule has 0 spiro atoms. The van der Waals surface area contributed by atoms with E-state index in [2.05, 4.69) is 11.8 Å². The van der Waals surface area contributed by atoms with E-state index in [9.17, 15) is 23.1 Å². The van der Waals surface area contributed by atoms with E-state index in [1.807, 2.05) is 24.3 Å². The van der Waals surface area contributed by atoms with Crippen molar-refractivity contribution < 1.29 is 23.1 Å². The highest BCUT2D eigenvalue weighted by Gasteiger charge is 2.33. The zero-order chi connectivity index (χ0) is 20.3. The number of aryl methyl sites for hydroxylation is 1. The molecule has 1 unspecified atom stereocenters. The smallest absolute Gasteiger partial charge is 0.416 e. The number of aliphatic carboxylic acids is 1. The van der Waals surface area contributed by atoms with Crippen molar-refractivity contribution in [1.82, 2.24) is 4.90 Å². The third kappa shape index (κ3) is 4.55. The van der Waals surface area contributed by atoms with Gasteiger partial charge in [-0.2, -0.15) is 13.2 Å². The second kappa shape index (κ2) is 8.35. The van der Waals surface area contributed by atoms with E-state index in [-0.39, 0.29) is 12.0 Å². The maximum Gasteiger partial charge on any atom is 0.416 e. The molecule has 1 atom stereocenters. The van der Waals surface area contributed by atoms with Crippen LogP contribution in [-0.4, -0.2) is 29.1 Å². The third-order valence-corrected chi connectivity index (χ3v) is 5.48. The van der Waals surface area contributed by atoms with Crippen LogP contribution in [0.3, 0.4) is 0 Å². The van der Waals surface area contributed by atoms with Crippen LogP contribution in [0.1, 0.15) is 48.1 Å². The minimum absolute atomic E-state index is 0.331. The summed E-state index contributed by atoms with van der Waals surface area (Å²) in [6.45, 7) is 3.12. The molecule has 1 fully saturated rings. The van der Waals surface area contributed by atoms with Crippen LogP contribution >= 0.6 is 0 Å². The Labute approximate surface area is 162 Å². The number of hydrogen-bond donors (Lipinski definition) is 1. The molecule has 0 aliphatic carbocycles. The van der Waals surface area contributed by atoms with E-state index >= 15 is 0 Å². The fourth-order valence-electron chi connectivity index (χ4n) is 3.84. The molecule has 1 aliphatic heterocycles. The van der Waals surface area contributed by atoms with E-state index in [1.54, 1.807) is 6.07 Å². The average Bonchev–Trinajstić information content (AvgIpc) is 2.69. The number of alkyl halides is 3. The van der Waals surface area contributed by atoms with E-state index < -0.39 is 17.7 Å². The van der Waals surface area contributed by atoms with E-state index in [0.717, 1.165) is 23.6 Å². The average molecular weight is 391 g/mol. The number of piperidine rings is 1.